The minimum atomic E-state index is 0. The molecule has 0 amide bonds. The number of pyridine rings is 1. The molecule has 0 bridgehead atoms. The summed E-state index contributed by atoms with van der Waals surface area (Å²) in [4.78, 5) is 8.85. The fourth-order valence-electron chi connectivity index (χ4n) is 4.54. The van der Waals surface area contributed by atoms with Gasteiger partial charge in [-0.1, -0.05) is 24.3 Å². The third-order valence-electron chi connectivity index (χ3n) is 5.50. The van der Waals surface area contributed by atoms with Crippen molar-refractivity contribution in [1.82, 2.24) is 4.98 Å². The van der Waals surface area contributed by atoms with Gasteiger partial charge in [0, 0.05) is 22.2 Å². The van der Waals surface area contributed by atoms with Gasteiger partial charge in [0.15, 0.2) is 0 Å². The molecule has 0 atom stereocenters. The van der Waals surface area contributed by atoms with Crippen LogP contribution in [-0.4, -0.2) is 16.1 Å². The molecule has 1 aliphatic heterocycles. The normalized spacial score (nSPS) is 18.5. The van der Waals surface area contributed by atoms with Gasteiger partial charge in [-0.25, -0.2) is 4.98 Å². The summed E-state index contributed by atoms with van der Waals surface area (Å²) >= 11 is 1.76. The van der Waals surface area contributed by atoms with Crippen molar-refractivity contribution < 1.29 is 0 Å². The molecule has 0 N–H and O–H groups in total. The summed E-state index contributed by atoms with van der Waals surface area (Å²) in [5.74, 6) is 0. The van der Waals surface area contributed by atoms with Crippen LogP contribution >= 0.6 is 28.3 Å². The highest BCUT2D eigenvalue weighted by Gasteiger charge is 2.42. The zero-order chi connectivity index (χ0) is 17.7. The molecule has 0 saturated carbocycles. The SMILES string of the molecule is Br.CC1(C)CCCC(C)(C)N1c1cc(-c2cccs2)nc2ccccc12. The molecule has 0 aliphatic carbocycles. The molecule has 0 unspecified atom stereocenters. The van der Waals surface area contributed by atoms with E-state index in [1.54, 1.807) is 11.3 Å². The molecule has 2 aromatic heterocycles. The predicted molar refractivity (Wildman–Crippen MR) is 120 cm³/mol. The van der Waals surface area contributed by atoms with Crippen molar-refractivity contribution in [2.45, 2.75) is 58.0 Å². The molecule has 1 saturated heterocycles. The molecule has 1 aliphatic rings. The summed E-state index contributed by atoms with van der Waals surface area (Å²) in [6.07, 6.45) is 3.74. The van der Waals surface area contributed by atoms with E-state index in [9.17, 15) is 0 Å². The minimum Gasteiger partial charge on any atom is -0.361 e. The van der Waals surface area contributed by atoms with Crippen LogP contribution in [0.4, 0.5) is 5.69 Å². The van der Waals surface area contributed by atoms with Gasteiger partial charge in [0.1, 0.15) is 0 Å². The highest BCUT2D eigenvalue weighted by molar-refractivity contribution is 8.93. The molecule has 26 heavy (non-hydrogen) atoms. The number of benzene rings is 1. The van der Waals surface area contributed by atoms with E-state index in [0.29, 0.717) is 0 Å². The second-order valence-electron chi connectivity index (χ2n) is 8.33. The highest BCUT2D eigenvalue weighted by atomic mass is 79.9. The predicted octanol–water partition coefficient (Wildman–Crippen LogP) is 7.09. The average Bonchev–Trinajstić information content (AvgIpc) is 3.07. The summed E-state index contributed by atoms with van der Waals surface area (Å²) in [5, 5.41) is 3.38. The van der Waals surface area contributed by atoms with Crippen LogP contribution in [-0.2, 0) is 0 Å². The van der Waals surface area contributed by atoms with E-state index in [1.807, 2.05) is 0 Å². The number of piperidine rings is 1. The van der Waals surface area contributed by atoms with Crippen LogP contribution < -0.4 is 4.90 Å². The lowest BCUT2D eigenvalue weighted by atomic mass is 9.79. The monoisotopic (exact) mass is 430 g/mol. The summed E-state index contributed by atoms with van der Waals surface area (Å²) in [6, 6.07) is 15.1. The van der Waals surface area contributed by atoms with E-state index in [-0.39, 0.29) is 28.1 Å². The number of anilines is 1. The number of halogens is 1. The Morgan fingerprint density at radius 3 is 2.31 bits per heavy atom. The fourth-order valence-corrected chi connectivity index (χ4v) is 5.23. The van der Waals surface area contributed by atoms with Crippen molar-refractivity contribution in [3.63, 3.8) is 0 Å². The molecule has 1 fully saturated rings. The lowest BCUT2D eigenvalue weighted by molar-refractivity contribution is 0.245. The summed E-state index contributed by atoms with van der Waals surface area (Å²) < 4.78 is 0. The van der Waals surface area contributed by atoms with E-state index in [4.69, 9.17) is 4.98 Å². The first-order valence-electron chi connectivity index (χ1n) is 9.13. The highest BCUT2D eigenvalue weighted by Crippen LogP contribution is 2.45. The van der Waals surface area contributed by atoms with Crippen molar-refractivity contribution >= 4 is 44.9 Å². The first-order valence-corrected chi connectivity index (χ1v) is 10.0. The smallest absolute Gasteiger partial charge is 0.0830 e. The molecule has 138 valence electrons. The van der Waals surface area contributed by atoms with E-state index >= 15 is 0 Å². The standard InChI is InChI=1S/C22H26N2S.BrH/c1-21(2)12-8-13-22(3,4)24(21)19-15-18(20-11-7-14-25-20)23-17-10-6-5-9-16(17)19;/h5-7,9-11,14-15H,8,12-13H2,1-4H3;1H. The molecule has 4 heteroatoms. The van der Waals surface area contributed by atoms with Crippen LogP contribution in [0.15, 0.2) is 47.8 Å². The summed E-state index contributed by atoms with van der Waals surface area (Å²) in [7, 11) is 0. The van der Waals surface area contributed by atoms with Crippen molar-refractivity contribution in [2.24, 2.45) is 0 Å². The Morgan fingerprint density at radius 2 is 1.65 bits per heavy atom. The summed E-state index contributed by atoms with van der Waals surface area (Å²) in [6.45, 7) is 9.53. The third-order valence-corrected chi connectivity index (χ3v) is 6.39. The van der Waals surface area contributed by atoms with Crippen LogP contribution in [0.25, 0.3) is 21.5 Å². The number of hydrogen-bond donors (Lipinski definition) is 0. The first kappa shape index (κ1) is 19.4. The largest absolute Gasteiger partial charge is 0.361 e. The Labute approximate surface area is 171 Å². The second kappa shape index (κ2) is 6.97. The molecule has 4 rings (SSSR count). The molecule has 0 radical (unpaired) electrons. The van der Waals surface area contributed by atoms with Crippen LogP contribution in [0.1, 0.15) is 47.0 Å². The number of hydrogen-bond acceptors (Lipinski definition) is 3. The van der Waals surface area contributed by atoms with E-state index in [0.717, 1.165) is 11.2 Å². The Kier molecular flexibility index (Phi) is 5.19. The minimum absolute atomic E-state index is 0. The van der Waals surface area contributed by atoms with Crippen LogP contribution in [0.5, 0.6) is 0 Å². The van der Waals surface area contributed by atoms with Crippen LogP contribution in [0, 0.1) is 0 Å². The van der Waals surface area contributed by atoms with Gasteiger partial charge in [0.05, 0.1) is 16.1 Å². The molecule has 3 aromatic rings. The number of nitrogens with zero attached hydrogens (tertiary/aromatic N) is 2. The first-order chi connectivity index (χ1) is 11.9. The van der Waals surface area contributed by atoms with Gasteiger partial charge < -0.3 is 4.90 Å². The lowest BCUT2D eigenvalue weighted by Gasteiger charge is -2.54. The third kappa shape index (κ3) is 3.29. The maximum Gasteiger partial charge on any atom is 0.0830 e. The van der Waals surface area contributed by atoms with Crippen molar-refractivity contribution in [3.05, 3.63) is 47.8 Å². The zero-order valence-electron chi connectivity index (χ0n) is 16.0. The van der Waals surface area contributed by atoms with Crippen molar-refractivity contribution in [3.8, 4) is 10.6 Å². The second-order valence-corrected chi connectivity index (χ2v) is 9.28. The van der Waals surface area contributed by atoms with Gasteiger partial charge in [-0.05, 0) is 70.5 Å². The fraction of sp³-hybridized carbons (Fsp3) is 0.409. The van der Waals surface area contributed by atoms with E-state index in [1.165, 1.54) is 35.2 Å². The molecular formula is C22H27BrN2S. The molecular weight excluding hydrogens is 404 g/mol. The number of fused-ring (bicyclic) bond motifs is 1. The quantitative estimate of drug-likeness (QED) is 0.431. The lowest BCUT2D eigenvalue weighted by Crippen LogP contribution is -2.59. The van der Waals surface area contributed by atoms with Gasteiger partial charge in [-0.2, -0.15) is 0 Å². The maximum absolute atomic E-state index is 4.95. The van der Waals surface area contributed by atoms with Gasteiger partial charge in [0.2, 0.25) is 0 Å². The van der Waals surface area contributed by atoms with E-state index in [2.05, 4.69) is 80.4 Å². The van der Waals surface area contributed by atoms with Gasteiger partial charge in [0.25, 0.3) is 0 Å². The molecule has 0 spiro atoms. The topological polar surface area (TPSA) is 16.1 Å². The van der Waals surface area contributed by atoms with Crippen LogP contribution in [0.2, 0.25) is 0 Å². The van der Waals surface area contributed by atoms with Gasteiger partial charge >= 0.3 is 0 Å². The Morgan fingerprint density at radius 1 is 0.962 bits per heavy atom. The Balaban J connectivity index is 0.00000196. The number of aromatic nitrogens is 1. The summed E-state index contributed by atoms with van der Waals surface area (Å²) in [5.41, 5.74) is 3.77. The average molecular weight is 431 g/mol. The molecule has 2 nitrogen and oxygen atoms in total. The number of rotatable bonds is 2. The van der Waals surface area contributed by atoms with Gasteiger partial charge in [-0.15, -0.1) is 28.3 Å². The van der Waals surface area contributed by atoms with Crippen LogP contribution in [0.3, 0.4) is 0 Å². The van der Waals surface area contributed by atoms with Crippen molar-refractivity contribution in [1.29, 1.82) is 0 Å². The van der Waals surface area contributed by atoms with E-state index < -0.39 is 0 Å². The molecule has 3 heterocycles. The number of thiophene rings is 1. The van der Waals surface area contributed by atoms with Crippen molar-refractivity contribution in [2.75, 3.05) is 4.90 Å². The number of para-hydroxylation sites is 1. The van der Waals surface area contributed by atoms with Gasteiger partial charge in [-0.3, -0.25) is 0 Å². The molecule has 1 aromatic carbocycles. The zero-order valence-corrected chi connectivity index (χ0v) is 18.5. The Hall–Kier alpha value is -1.39. The maximum atomic E-state index is 4.95. The Bertz CT molecular complexity index is 884.